The fourth-order valence-electron chi connectivity index (χ4n) is 1.20. The Hall–Kier alpha value is -2.12. The summed E-state index contributed by atoms with van der Waals surface area (Å²) in [7, 11) is 0. The van der Waals surface area contributed by atoms with Crippen molar-refractivity contribution in [3.05, 3.63) is 12.2 Å². The molecule has 1 heterocycles. The number of carbonyl (C=O) groups excluding carboxylic acids is 1. The van der Waals surface area contributed by atoms with Gasteiger partial charge in [-0.05, 0) is 6.42 Å². The summed E-state index contributed by atoms with van der Waals surface area (Å²) < 4.78 is 0. The Labute approximate surface area is 104 Å². The molecule has 0 saturated carbocycles. The van der Waals surface area contributed by atoms with Gasteiger partial charge in [-0.2, -0.15) is 5.10 Å². The van der Waals surface area contributed by atoms with Gasteiger partial charge >= 0.3 is 12.0 Å². The van der Waals surface area contributed by atoms with Crippen molar-refractivity contribution in [2.45, 2.75) is 19.8 Å². The summed E-state index contributed by atoms with van der Waals surface area (Å²) in [5, 5.41) is 20.2. The van der Waals surface area contributed by atoms with E-state index < -0.39 is 11.9 Å². The number of aryl methyl sites for hydroxylation is 1. The third kappa shape index (κ3) is 5.28. The molecule has 18 heavy (non-hydrogen) atoms. The summed E-state index contributed by atoms with van der Waals surface area (Å²) in [5.74, 6) is -0.748. The van der Waals surface area contributed by atoms with Crippen molar-refractivity contribution in [3.8, 4) is 0 Å². The number of rotatable bonds is 7. The number of aromatic amines is 1. The zero-order valence-corrected chi connectivity index (χ0v) is 10.1. The minimum absolute atomic E-state index is 0.114. The molecule has 1 rings (SSSR count). The molecule has 0 fully saturated rings. The average Bonchev–Trinajstić information content (AvgIpc) is 2.84. The highest BCUT2D eigenvalue weighted by Gasteiger charge is 2.11. The van der Waals surface area contributed by atoms with Crippen LogP contribution >= 0.6 is 0 Å². The minimum atomic E-state index is -0.930. The van der Waals surface area contributed by atoms with E-state index in [1.807, 2.05) is 0 Å². The van der Waals surface area contributed by atoms with E-state index >= 15 is 0 Å². The lowest BCUT2D eigenvalue weighted by atomic mass is 10.2. The van der Waals surface area contributed by atoms with Gasteiger partial charge in [-0.25, -0.2) is 9.78 Å². The smallest absolute Gasteiger partial charge is 0.314 e. The number of hydrogen-bond donors (Lipinski definition) is 4. The highest BCUT2D eigenvalue weighted by atomic mass is 16.4. The van der Waals surface area contributed by atoms with Gasteiger partial charge in [-0.15, -0.1) is 0 Å². The number of carboxylic acids is 1. The summed E-state index contributed by atoms with van der Waals surface area (Å²) in [4.78, 5) is 25.7. The SMILES string of the molecule is CC(CNC(=O)NCCCc1ncn[nH]1)C(=O)O. The first-order valence-electron chi connectivity index (χ1n) is 5.68. The Kier molecular flexibility index (Phi) is 5.62. The maximum atomic E-state index is 11.3. The second-order valence-corrected chi connectivity index (χ2v) is 3.91. The molecule has 100 valence electrons. The van der Waals surface area contributed by atoms with Crippen LogP contribution in [0.5, 0.6) is 0 Å². The van der Waals surface area contributed by atoms with Gasteiger partial charge in [0, 0.05) is 19.5 Å². The summed E-state index contributed by atoms with van der Waals surface area (Å²) >= 11 is 0. The molecule has 0 aromatic carbocycles. The van der Waals surface area contributed by atoms with Gasteiger partial charge in [0.1, 0.15) is 12.2 Å². The van der Waals surface area contributed by atoms with E-state index in [9.17, 15) is 9.59 Å². The number of aromatic nitrogens is 3. The molecular weight excluding hydrogens is 238 g/mol. The highest BCUT2D eigenvalue weighted by molar-refractivity contribution is 5.75. The molecule has 1 aromatic heterocycles. The van der Waals surface area contributed by atoms with E-state index in [0.29, 0.717) is 13.0 Å². The van der Waals surface area contributed by atoms with Crippen LogP contribution < -0.4 is 10.6 Å². The van der Waals surface area contributed by atoms with Gasteiger partial charge in [-0.1, -0.05) is 6.92 Å². The molecule has 0 saturated heterocycles. The van der Waals surface area contributed by atoms with Gasteiger partial charge in [0.05, 0.1) is 5.92 Å². The first-order valence-corrected chi connectivity index (χ1v) is 5.68. The molecule has 1 unspecified atom stereocenters. The summed E-state index contributed by atoms with van der Waals surface area (Å²) in [6, 6.07) is -0.360. The van der Waals surface area contributed by atoms with Crippen molar-refractivity contribution in [1.82, 2.24) is 25.8 Å². The molecular formula is C10H17N5O3. The maximum Gasteiger partial charge on any atom is 0.314 e. The number of hydrogen-bond acceptors (Lipinski definition) is 4. The van der Waals surface area contributed by atoms with Crippen LogP contribution in [0.25, 0.3) is 0 Å². The molecule has 0 aliphatic heterocycles. The lowest BCUT2D eigenvalue weighted by Crippen LogP contribution is -2.39. The zero-order chi connectivity index (χ0) is 13.4. The lowest BCUT2D eigenvalue weighted by molar-refractivity contribution is -0.140. The second kappa shape index (κ2) is 7.25. The number of carbonyl (C=O) groups is 2. The van der Waals surface area contributed by atoms with E-state index in [2.05, 4.69) is 25.8 Å². The molecule has 8 nitrogen and oxygen atoms in total. The van der Waals surface area contributed by atoms with Crippen LogP contribution in [0, 0.1) is 5.92 Å². The lowest BCUT2D eigenvalue weighted by Gasteiger charge is -2.09. The van der Waals surface area contributed by atoms with Crippen molar-refractivity contribution in [2.24, 2.45) is 5.92 Å². The van der Waals surface area contributed by atoms with Crippen molar-refractivity contribution in [1.29, 1.82) is 0 Å². The van der Waals surface area contributed by atoms with Crippen LogP contribution in [-0.2, 0) is 11.2 Å². The molecule has 2 amide bonds. The van der Waals surface area contributed by atoms with E-state index in [-0.39, 0.29) is 12.6 Å². The van der Waals surface area contributed by atoms with E-state index in [0.717, 1.165) is 12.2 Å². The molecule has 0 aliphatic carbocycles. The van der Waals surface area contributed by atoms with Crippen LogP contribution in [0.3, 0.4) is 0 Å². The topological polar surface area (TPSA) is 120 Å². The normalized spacial score (nSPS) is 11.8. The van der Waals surface area contributed by atoms with Crippen molar-refractivity contribution in [2.75, 3.05) is 13.1 Å². The molecule has 0 radical (unpaired) electrons. The third-order valence-electron chi connectivity index (χ3n) is 2.33. The first kappa shape index (κ1) is 13.9. The predicted molar refractivity (Wildman–Crippen MR) is 62.9 cm³/mol. The third-order valence-corrected chi connectivity index (χ3v) is 2.33. The van der Waals surface area contributed by atoms with Crippen LogP contribution in [0.4, 0.5) is 4.79 Å². The molecule has 0 spiro atoms. The van der Waals surface area contributed by atoms with E-state index in [1.165, 1.54) is 13.3 Å². The molecule has 4 N–H and O–H groups in total. The monoisotopic (exact) mass is 255 g/mol. The van der Waals surface area contributed by atoms with Crippen molar-refractivity contribution in [3.63, 3.8) is 0 Å². The second-order valence-electron chi connectivity index (χ2n) is 3.91. The van der Waals surface area contributed by atoms with Crippen molar-refractivity contribution >= 4 is 12.0 Å². The van der Waals surface area contributed by atoms with Gasteiger partial charge in [0.25, 0.3) is 0 Å². The van der Waals surface area contributed by atoms with E-state index in [1.54, 1.807) is 0 Å². The number of carboxylic acid groups (broad SMARTS) is 1. The molecule has 0 bridgehead atoms. The standard InChI is InChI=1S/C10H17N5O3/c1-7(9(16)17)5-12-10(18)11-4-2-3-8-13-6-14-15-8/h6-7H,2-5H2,1H3,(H,16,17)(H2,11,12,18)(H,13,14,15). The zero-order valence-electron chi connectivity index (χ0n) is 10.1. The Morgan fingerprint density at radius 2 is 2.28 bits per heavy atom. The molecule has 8 heteroatoms. The van der Waals surface area contributed by atoms with Gasteiger partial charge in [0.2, 0.25) is 0 Å². The Morgan fingerprint density at radius 1 is 1.50 bits per heavy atom. The molecule has 1 atom stereocenters. The fourth-order valence-corrected chi connectivity index (χ4v) is 1.20. The Balaban J connectivity index is 2.05. The van der Waals surface area contributed by atoms with E-state index in [4.69, 9.17) is 5.11 Å². The maximum absolute atomic E-state index is 11.3. The van der Waals surface area contributed by atoms with Crippen molar-refractivity contribution < 1.29 is 14.7 Å². The number of aliphatic carboxylic acids is 1. The minimum Gasteiger partial charge on any atom is -0.481 e. The molecule has 1 aromatic rings. The van der Waals surface area contributed by atoms with Gasteiger partial charge in [-0.3, -0.25) is 9.89 Å². The van der Waals surface area contributed by atoms with Crippen LogP contribution in [0.1, 0.15) is 19.2 Å². The average molecular weight is 255 g/mol. The Morgan fingerprint density at radius 3 is 2.89 bits per heavy atom. The largest absolute Gasteiger partial charge is 0.481 e. The number of amides is 2. The van der Waals surface area contributed by atoms with Crippen LogP contribution in [-0.4, -0.2) is 45.4 Å². The predicted octanol–water partition coefficient (Wildman–Crippen LogP) is -0.243. The van der Waals surface area contributed by atoms with Gasteiger partial charge in [0.15, 0.2) is 0 Å². The summed E-state index contributed by atoms with van der Waals surface area (Å²) in [6.07, 6.45) is 2.87. The quantitative estimate of drug-likeness (QED) is 0.501. The summed E-state index contributed by atoms with van der Waals surface area (Å²) in [5.41, 5.74) is 0. The highest BCUT2D eigenvalue weighted by Crippen LogP contribution is 1.92. The number of nitrogens with one attached hydrogen (secondary N) is 3. The van der Waals surface area contributed by atoms with Crippen LogP contribution in [0.2, 0.25) is 0 Å². The number of nitrogens with zero attached hydrogens (tertiary/aromatic N) is 2. The summed E-state index contributed by atoms with van der Waals surface area (Å²) in [6.45, 7) is 2.14. The number of urea groups is 1. The fraction of sp³-hybridized carbons (Fsp3) is 0.600. The molecule has 0 aliphatic rings. The van der Waals surface area contributed by atoms with Gasteiger partial charge < -0.3 is 15.7 Å². The Bertz CT molecular complexity index is 379. The number of H-pyrrole nitrogens is 1. The first-order chi connectivity index (χ1) is 8.59. The van der Waals surface area contributed by atoms with Crippen LogP contribution in [0.15, 0.2) is 6.33 Å².